The normalized spacial score (nSPS) is 12.3. The van der Waals surface area contributed by atoms with Crippen molar-refractivity contribution in [1.29, 1.82) is 0 Å². The van der Waals surface area contributed by atoms with Crippen LogP contribution in [0.1, 0.15) is 20.8 Å². The van der Waals surface area contributed by atoms with Crippen molar-refractivity contribution in [3.05, 3.63) is 54.6 Å². The molecule has 0 N–H and O–H groups in total. The van der Waals surface area contributed by atoms with Crippen LogP contribution < -0.4 is 9.04 Å². The Morgan fingerprint density at radius 2 is 1.48 bits per heavy atom. The Morgan fingerprint density at radius 3 is 1.96 bits per heavy atom. The van der Waals surface area contributed by atoms with Crippen LogP contribution in [-0.2, 0) is 14.8 Å². The van der Waals surface area contributed by atoms with Crippen LogP contribution in [0.15, 0.2) is 54.6 Å². The third kappa shape index (κ3) is 5.23. The number of rotatable bonds is 8. The molecule has 0 radical (unpaired) electrons. The van der Waals surface area contributed by atoms with Crippen LogP contribution in [0.2, 0.25) is 0 Å². The molecule has 0 saturated heterocycles. The van der Waals surface area contributed by atoms with Gasteiger partial charge in [-0.05, 0) is 57.2 Å². The SMILES string of the molecule is CCN(CC)C(=O)[C@@H](C)N(c1ccc(Oc2ccccc2)cc1)S(C)(=O)=O. The van der Waals surface area contributed by atoms with Crippen LogP contribution in [0.3, 0.4) is 0 Å². The van der Waals surface area contributed by atoms with E-state index in [9.17, 15) is 13.2 Å². The molecule has 0 aliphatic heterocycles. The molecule has 0 aromatic heterocycles. The molecular formula is C20H26N2O4S. The van der Waals surface area contributed by atoms with Gasteiger partial charge >= 0.3 is 0 Å². The minimum atomic E-state index is -3.64. The van der Waals surface area contributed by atoms with Crippen molar-refractivity contribution in [2.45, 2.75) is 26.8 Å². The molecule has 2 rings (SSSR count). The number of ether oxygens (including phenoxy) is 1. The Labute approximate surface area is 161 Å². The predicted octanol–water partition coefficient (Wildman–Crippen LogP) is 3.50. The Hall–Kier alpha value is -2.54. The smallest absolute Gasteiger partial charge is 0.246 e. The van der Waals surface area contributed by atoms with Gasteiger partial charge in [-0.2, -0.15) is 0 Å². The molecule has 6 nitrogen and oxygen atoms in total. The minimum absolute atomic E-state index is 0.227. The molecule has 0 saturated carbocycles. The van der Waals surface area contributed by atoms with Gasteiger partial charge in [-0.1, -0.05) is 18.2 Å². The number of para-hydroxylation sites is 1. The van der Waals surface area contributed by atoms with Gasteiger partial charge in [-0.15, -0.1) is 0 Å². The molecule has 0 heterocycles. The minimum Gasteiger partial charge on any atom is -0.457 e. The summed E-state index contributed by atoms with van der Waals surface area (Å²) in [6.45, 7) is 6.40. The number of benzene rings is 2. The standard InChI is InChI=1S/C20H26N2O4S/c1-5-21(6-2)20(23)16(3)22(27(4,24)25)17-12-14-19(15-13-17)26-18-10-8-7-9-11-18/h7-16H,5-6H2,1-4H3/t16-/m1/s1. The Balaban J connectivity index is 2.28. The van der Waals surface area contributed by atoms with Gasteiger partial charge in [0, 0.05) is 13.1 Å². The number of nitrogens with zero attached hydrogens (tertiary/aromatic N) is 2. The van der Waals surface area contributed by atoms with Crippen molar-refractivity contribution in [2.24, 2.45) is 0 Å². The highest BCUT2D eigenvalue weighted by atomic mass is 32.2. The van der Waals surface area contributed by atoms with E-state index >= 15 is 0 Å². The number of carbonyl (C=O) groups excluding carboxylic acids is 1. The molecule has 2 aromatic carbocycles. The second kappa shape index (κ2) is 8.90. The van der Waals surface area contributed by atoms with Gasteiger partial charge in [0.2, 0.25) is 15.9 Å². The van der Waals surface area contributed by atoms with Crippen LogP contribution in [0.25, 0.3) is 0 Å². The highest BCUT2D eigenvalue weighted by Crippen LogP contribution is 2.27. The molecule has 1 amide bonds. The van der Waals surface area contributed by atoms with E-state index in [1.54, 1.807) is 36.1 Å². The molecule has 2 aromatic rings. The molecule has 0 fully saturated rings. The number of hydrogen-bond donors (Lipinski definition) is 0. The summed E-state index contributed by atoms with van der Waals surface area (Å²) in [7, 11) is -3.64. The summed E-state index contributed by atoms with van der Waals surface area (Å²) in [6, 6.07) is 15.1. The van der Waals surface area contributed by atoms with E-state index in [1.807, 2.05) is 44.2 Å². The molecule has 27 heavy (non-hydrogen) atoms. The van der Waals surface area contributed by atoms with Crippen LogP contribution in [0, 0.1) is 0 Å². The second-order valence-corrected chi connectivity index (χ2v) is 8.01. The van der Waals surface area contributed by atoms with Crippen molar-refractivity contribution < 1.29 is 17.9 Å². The summed E-state index contributed by atoms with van der Waals surface area (Å²) in [5.41, 5.74) is 0.422. The van der Waals surface area contributed by atoms with Crippen LogP contribution in [0.4, 0.5) is 5.69 Å². The lowest BCUT2D eigenvalue weighted by Gasteiger charge is -2.31. The van der Waals surface area contributed by atoms with E-state index in [0.29, 0.717) is 30.3 Å². The van der Waals surface area contributed by atoms with Gasteiger partial charge in [0.05, 0.1) is 11.9 Å². The zero-order valence-electron chi connectivity index (χ0n) is 16.1. The fraction of sp³-hybridized carbons (Fsp3) is 0.350. The van der Waals surface area contributed by atoms with E-state index in [2.05, 4.69) is 0 Å². The Kier molecular flexibility index (Phi) is 6.85. The monoisotopic (exact) mass is 390 g/mol. The van der Waals surface area contributed by atoms with Crippen molar-refractivity contribution in [3.8, 4) is 11.5 Å². The third-order valence-corrected chi connectivity index (χ3v) is 5.45. The van der Waals surface area contributed by atoms with Crippen LogP contribution in [0.5, 0.6) is 11.5 Å². The largest absolute Gasteiger partial charge is 0.457 e. The van der Waals surface area contributed by atoms with Crippen molar-refractivity contribution >= 4 is 21.6 Å². The fourth-order valence-electron chi connectivity index (χ4n) is 2.89. The van der Waals surface area contributed by atoms with Crippen molar-refractivity contribution in [3.63, 3.8) is 0 Å². The number of hydrogen-bond acceptors (Lipinski definition) is 4. The Bertz CT molecular complexity index is 847. The van der Waals surface area contributed by atoms with E-state index in [1.165, 1.54) is 0 Å². The fourth-order valence-corrected chi connectivity index (χ4v) is 4.06. The number of sulfonamides is 1. The van der Waals surface area contributed by atoms with E-state index in [4.69, 9.17) is 4.74 Å². The summed E-state index contributed by atoms with van der Waals surface area (Å²) in [5.74, 6) is 1.05. The highest BCUT2D eigenvalue weighted by Gasteiger charge is 2.31. The first-order chi connectivity index (χ1) is 12.8. The molecule has 0 bridgehead atoms. The highest BCUT2D eigenvalue weighted by molar-refractivity contribution is 7.92. The van der Waals surface area contributed by atoms with Gasteiger partial charge in [0.25, 0.3) is 0 Å². The summed E-state index contributed by atoms with van der Waals surface area (Å²) in [4.78, 5) is 14.3. The van der Waals surface area contributed by atoms with Crippen molar-refractivity contribution in [1.82, 2.24) is 4.90 Å². The maximum Gasteiger partial charge on any atom is 0.246 e. The maximum atomic E-state index is 12.7. The molecule has 0 aliphatic carbocycles. The van der Waals surface area contributed by atoms with Gasteiger partial charge in [0.15, 0.2) is 0 Å². The zero-order chi connectivity index (χ0) is 20.0. The molecule has 7 heteroatoms. The lowest BCUT2D eigenvalue weighted by molar-refractivity contribution is -0.131. The summed E-state index contributed by atoms with van der Waals surface area (Å²) in [5, 5.41) is 0. The number of carbonyl (C=O) groups is 1. The quantitative estimate of drug-likeness (QED) is 0.692. The van der Waals surface area contributed by atoms with E-state index < -0.39 is 16.1 Å². The van der Waals surface area contributed by atoms with E-state index in [-0.39, 0.29) is 5.91 Å². The molecule has 1 atom stereocenters. The summed E-state index contributed by atoms with van der Waals surface area (Å²) < 4.78 is 31.6. The first kappa shape index (κ1) is 20.8. The zero-order valence-corrected chi connectivity index (χ0v) is 16.9. The number of likely N-dealkylation sites (N-methyl/N-ethyl adjacent to an activating group) is 1. The predicted molar refractivity (Wildman–Crippen MR) is 108 cm³/mol. The molecule has 0 unspecified atom stereocenters. The molecule has 0 spiro atoms. The van der Waals surface area contributed by atoms with Crippen LogP contribution in [-0.4, -0.2) is 44.6 Å². The lowest BCUT2D eigenvalue weighted by atomic mass is 10.2. The number of anilines is 1. The first-order valence-electron chi connectivity index (χ1n) is 8.89. The van der Waals surface area contributed by atoms with E-state index in [0.717, 1.165) is 10.6 Å². The van der Waals surface area contributed by atoms with Gasteiger partial charge < -0.3 is 9.64 Å². The number of amides is 1. The van der Waals surface area contributed by atoms with Crippen LogP contribution >= 0.6 is 0 Å². The van der Waals surface area contributed by atoms with Gasteiger partial charge in [-0.25, -0.2) is 8.42 Å². The first-order valence-corrected chi connectivity index (χ1v) is 10.7. The molecule has 0 aliphatic rings. The molecular weight excluding hydrogens is 364 g/mol. The van der Waals surface area contributed by atoms with Crippen molar-refractivity contribution in [2.75, 3.05) is 23.7 Å². The maximum absolute atomic E-state index is 12.7. The van der Waals surface area contributed by atoms with Gasteiger partial charge in [0.1, 0.15) is 17.5 Å². The average Bonchev–Trinajstić information content (AvgIpc) is 2.64. The summed E-state index contributed by atoms with van der Waals surface area (Å²) >= 11 is 0. The topological polar surface area (TPSA) is 66.9 Å². The van der Waals surface area contributed by atoms with Gasteiger partial charge in [-0.3, -0.25) is 9.10 Å². The average molecular weight is 391 g/mol. The third-order valence-electron chi connectivity index (χ3n) is 4.21. The second-order valence-electron chi connectivity index (χ2n) is 6.15. The lowest BCUT2D eigenvalue weighted by Crippen LogP contribution is -2.49. The molecule has 146 valence electrons. The summed E-state index contributed by atoms with van der Waals surface area (Å²) in [6.07, 6.45) is 1.10. The Morgan fingerprint density at radius 1 is 0.963 bits per heavy atom.